The van der Waals surface area contributed by atoms with Crippen LogP contribution in [0.2, 0.25) is 0 Å². The Labute approximate surface area is 230 Å². The van der Waals surface area contributed by atoms with Crippen LogP contribution in [0.25, 0.3) is 54.9 Å². The Morgan fingerprint density at radius 3 is 2.18 bits per heavy atom. The molecule has 8 heteroatoms. The fraction of sp³-hybridized carbons (Fsp3) is 0. The average Bonchev–Trinajstić information content (AvgIpc) is 3.57. The van der Waals surface area contributed by atoms with Crippen LogP contribution in [0.5, 0.6) is 11.5 Å². The number of nitrogens with zero attached hydrogens (tertiary/aromatic N) is 6. The molecule has 0 radical (unpaired) electrons. The Bertz CT molecular complexity index is 2130. The molecule has 0 atom stereocenters. The van der Waals surface area contributed by atoms with Crippen LogP contribution in [0.1, 0.15) is 0 Å². The molecule has 0 amide bonds. The zero-order valence-corrected chi connectivity index (χ0v) is 21.9. The first kappa shape index (κ1) is 22.6. The van der Waals surface area contributed by atoms with Gasteiger partial charge in [0.1, 0.15) is 11.5 Å². The molecule has 0 saturated heterocycles. The number of para-hydroxylation sites is 2. The van der Waals surface area contributed by atoms with Crippen molar-refractivity contribution in [2.45, 2.75) is 0 Å². The van der Waals surface area contributed by atoms with E-state index in [0.29, 0.717) is 17.1 Å². The molecule has 0 N–H and O–H groups in total. The zero-order valence-electron chi connectivity index (χ0n) is 19.6. The van der Waals surface area contributed by atoms with E-state index in [2.05, 4.69) is 61.5 Å². The summed E-state index contributed by atoms with van der Waals surface area (Å²) >= 11 is 0. The summed E-state index contributed by atoms with van der Waals surface area (Å²) in [6.45, 7) is 0. The second-order valence-electron chi connectivity index (χ2n) is 8.77. The number of benzene rings is 4. The molecule has 0 bridgehead atoms. The summed E-state index contributed by atoms with van der Waals surface area (Å²) in [5, 5.41) is 17.4. The maximum absolute atomic E-state index is 6.30. The first-order valence-electron chi connectivity index (χ1n) is 11.8. The standard InChI is InChI=1S/C30H16N6O.Pt/c1-3-9-26-23(8-1)24-15-13-20(18-28(24)35(26)29-11-5-6-16-31-29)37-19-12-14-21-22-7-2-4-10-27(22)36-30(25(21)17-19)32-33-34-36;/h1-16H;/q-2;+2. The van der Waals surface area contributed by atoms with Crippen LogP contribution in [0, 0.1) is 12.1 Å². The summed E-state index contributed by atoms with van der Waals surface area (Å²) in [5.74, 6) is 1.97. The van der Waals surface area contributed by atoms with Gasteiger partial charge in [-0.1, -0.05) is 64.8 Å². The molecule has 7 nitrogen and oxygen atoms in total. The van der Waals surface area contributed by atoms with Gasteiger partial charge in [-0.3, -0.25) is 0 Å². The molecule has 0 saturated carbocycles. The summed E-state index contributed by atoms with van der Waals surface area (Å²) in [6.07, 6.45) is 1.80. The van der Waals surface area contributed by atoms with Gasteiger partial charge in [0.05, 0.1) is 5.52 Å². The first-order chi connectivity index (χ1) is 18.3. The molecular weight excluding hydrogens is 655 g/mol. The third kappa shape index (κ3) is 3.32. The van der Waals surface area contributed by atoms with Crippen molar-refractivity contribution >= 4 is 49.1 Å². The van der Waals surface area contributed by atoms with Gasteiger partial charge in [-0.25, -0.2) is 9.50 Å². The van der Waals surface area contributed by atoms with Gasteiger partial charge in [0.25, 0.3) is 0 Å². The number of hydrogen-bond acceptors (Lipinski definition) is 5. The molecule has 0 unspecified atom stereocenters. The van der Waals surface area contributed by atoms with E-state index in [1.807, 2.05) is 66.7 Å². The van der Waals surface area contributed by atoms with Gasteiger partial charge in [-0.15, -0.1) is 29.7 Å². The number of rotatable bonds is 3. The fourth-order valence-electron chi connectivity index (χ4n) is 5.10. The van der Waals surface area contributed by atoms with Crippen LogP contribution in [0.15, 0.2) is 97.2 Å². The van der Waals surface area contributed by atoms with Gasteiger partial charge in [0.15, 0.2) is 0 Å². The van der Waals surface area contributed by atoms with Crippen LogP contribution >= 0.6 is 0 Å². The Morgan fingerprint density at radius 1 is 0.658 bits per heavy atom. The van der Waals surface area contributed by atoms with Gasteiger partial charge in [-0.05, 0) is 45.5 Å². The third-order valence-electron chi connectivity index (χ3n) is 6.69. The average molecular weight is 672 g/mol. The smallest absolute Gasteiger partial charge is 0.503 e. The monoisotopic (exact) mass is 671 g/mol. The van der Waals surface area contributed by atoms with Crippen molar-refractivity contribution in [3.8, 4) is 17.3 Å². The second kappa shape index (κ2) is 8.75. The molecule has 4 heterocycles. The van der Waals surface area contributed by atoms with E-state index in [1.165, 1.54) is 0 Å². The number of fused-ring (bicyclic) bond motifs is 9. The van der Waals surface area contributed by atoms with Crippen LogP contribution in [0.4, 0.5) is 0 Å². The minimum Gasteiger partial charge on any atom is -0.503 e. The SMILES string of the molecule is [Pt+2].[c-]1c(Oc2[c-]c3c(cc2)c2ccccc2n3-c2ccccn2)ccc2c1c1nnnn1c1ccccc21. The molecule has 182 valence electrons. The van der Waals surface area contributed by atoms with Crippen LogP contribution in [-0.2, 0) is 21.1 Å². The summed E-state index contributed by atoms with van der Waals surface area (Å²) < 4.78 is 10.1. The van der Waals surface area contributed by atoms with Gasteiger partial charge in [0, 0.05) is 23.2 Å². The number of hydrogen-bond donors (Lipinski definition) is 0. The number of tetrazole rings is 1. The second-order valence-corrected chi connectivity index (χ2v) is 8.77. The Morgan fingerprint density at radius 2 is 1.37 bits per heavy atom. The van der Waals surface area contributed by atoms with Crippen molar-refractivity contribution in [2.24, 2.45) is 0 Å². The van der Waals surface area contributed by atoms with Crippen molar-refractivity contribution in [3.63, 3.8) is 0 Å². The fourth-order valence-corrected chi connectivity index (χ4v) is 5.10. The van der Waals surface area contributed by atoms with Crippen molar-refractivity contribution in [3.05, 3.63) is 109 Å². The molecular formula is C30H16N6OPt. The Hall–Kier alpha value is -4.61. The molecule has 0 aliphatic heterocycles. The van der Waals surface area contributed by atoms with Crippen molar-refractivity contribution in [2.75, 3.05) is 0 Å². The maximum Gasteiger partial charge on any atom is 2.00 e. The third-order valence-corrected chi connectivity index (χ3v) is 6.69. The normalized spacial score (nSPS) is 11.5. The van der Waals surface area contributed by atoms with E-state index >= 15 is 0 Å². The van der Waals surface area contributed by atoms with Crippen LogP contribution < -0.4 is 4.74 Å². The molecule has 4 aromatic carbocycles. The van der Waals surface area contributed by atoms with E-state index in [9.17, 15) is 0 Å². The van der Waals surface area contributed by atoms with Gasteiger partial charge in [0.2, 0.25) is 0 Å². The Kier molecular flexibility index (Phi) is 5.20. The van der Waals surface area contributed by atoms with Crippen LogP contribution in [-0.4, -0.2) is 29.6 Å². The summed E-state index contributed by atoms with van der Waals surface area (Å²) in [5.41, 5.74) is 3.54. The van der Waals surface area contributed by atoms with E-state index < -0.39 is 0 Å². The predicted molar refractivity (Wildman–Crippen MR) is 142 cm³/mol. The minimum atomic E-state index is 0. The molecule has 8 rings (SSSR count). The zero-order chi connectivity index (χ0) is 24.3. The van der Waals surface area contributed by atoms with Gasteiger partial charge < -0.3 is 9.30 Å². The van der Waals surface area contributed by atoms with Crippen molar-refractivity contribution in [1.82, 2.24) is 29.6 Å². The Balaban J connectivity index is 0.00000242. The molecule has 8 aromatic rings. The molecule has 0 aliphatic rings. The largest absolute Gasteiger partial charge is 2.00 e. The molecule has 0 spiro atoms. The molecule has 0 fully saturated rings. The van der Waals surface area contributed by atoms with Gasteiger partial charge >= 0.3 is 21.1 Å². The summed E-state index contributed by atoms with van der Waals surface area (Å²) in [4.78, 5) is 4.59. The topological polar surface area (TPSA) is 70.1 Å². The predicted octanol–water partition coefficient (Wildman–Crippen LogP) is 6.31. The van der Waals surface area contributed by atoms with Crippen molar-refractivity contribution < 1.29 is 25.8 Å². The molecule has 0 aliphatic carbocycles. The molecule has 4 aromatic heterocycles. The summed E-state index contributed by atoms with van der Waals surface area (Å²) in [7, 11) is 0. The van der Waals surface area contributed by atoms with Crippen molar-refractivity contribution in [1.29, 1.82) is 0 Å². The van der Waals surface area contributed by atoms with E-state index in [0.717, 1.165) is 49.3 Å². The quantitative estimate of drug-likeness (QED) is 0.163. The number of aromatic nitrogens is 6. The molecule has 38 heavy (non-hydrogen) atoms. The number of ether oxygens (including phenoxy) is 1. The minimum absolute atomic E-state index is 0. The number of pyridine rings is 2. The first-order valence-corrected chi connectivity index (χ1v) is 11.8. The van der Waals surface area contributed by atoms with E-state index in [1.54, 1.807) is 10.7 Å². The van der Waals surface area contributed by atoms with Crippen LogP contribution in [0.3, 0.4) is 0 Å². The van der Waals surface area contributed by atoms with Gasteiger partial charge in [-0.2, -0.15) is 11.2 Å². The van der Waals surface area contributed by atoms with E-state index in [4.69, 9.17) is 4.74 Å². The maximum atomic E-state index is 6.30. The summed E-state index contributed by atoms with van der Waals surface area (Å²) in [6, 6.07) is 37.1. The van der Waals surface area contributed by atoms with E-state index in [-0.39, 0.29) is 21.1 Å².